The molecule has 5 heterocycles. The summed E-state index contributed by atoms with van der Waals surface area (Å²) in [6, 6.07) is 50.7. The van der Waals surface area contributed by atoms with Crippen molar-refractivity contribution in [3.8, 4) is 17.2 Å². The summed E-state index contributed by atoms with van der Waals surface area (Å²) in [5.41, 5.74) is 5.35. The molecule has 7 aromatic carbocycles. The Morgan fingerprint density at radius 2 is 1.02 bits per heavy atom. The van der Waals surface area contributed by atoms with E-state index in [4.69, 9.17) is 9.97 Å². The van der Waals surface area contributed by atoms with Gasteiger partial charge in [-0.25, -0.2) is 9.97 Å². The van der Waals surface area contributed by atoms with E-state index in [9.17, 15) is 0 Å². The lowest BCUT2D eigenvalue weighted by atomic mass is 10.00. The number of thiophene rings is 3. The van der Waals surface area contributed by atoms with Crippen LogP contribution in [0.5, 0.6) is 0 Å². The van der Waals surface area contributed by atoms with Crippen LogP contribution in [0.1, 0.15) is 0 Å². The van der Waals surface area contributed by atoms with E-state index in [1.54, 1.807) is 11.3 Å². The number of para-hydroxylation sites is 1. The monoisotopic (exact) mass is 689 g/mol. The maximum absolute atomic E-state index is 5.58. The lowest BCUT2D eigenvalue weighted by Gasteiger charge is -2.12. The van der Waals surface area contributed by atoms with E-state index in [0.717, 1.165) is 37.9 Å². The lowest BCUT2D eigenvalue weighted by Crippen LogP contribution is -2.03. The first-order valence-corrected chi connectivity index (χ1v) is 19.1. The zero-order chi connectivity index (χ0) is 32.5. The van der Waals surface area contributed by atoms with Crippen LogP contribution in [0.3, 0.4) is 0 Å². The Hall–Kier alpha value is -5.66. The van der Waals surface area contributed by atoms with Crippen molar-refractivity contribution in [2.45, 2.75) is 0 Å². The van der Waals surface area contributed by atoms with Gasteiger partial charge in [0, 0.05) is 72.2 Å². The number of hydrogen-bond donors (Lipinski definition) is 0. The number of rotatable bonds is 2. The van der Waals surface area contributed by atoms with Crippen LogP contribution in [0, 0.1) is 0 Å². The first-order chi connectivity index (χ1) is 24.8. The second-order valence-electron chi connectivity index (χ2n) is 12.9. The van der Waals surface area contributed by atoms with E-state index >= 15 is 0 Å². The van der Waals surface area contributed by atoms with Gasteiger partial charge in [-0.05, 0) is 41.8 Å². The van der Waals surface area contributed by atoms with Crippen molar-refractivity contribution in [2.24, 2.45) is 0 Å². The zero-order valence-corrected chi connectivity index (χ0v) is 28.8. The Morgan fingerprint density at radius 3 is 1.84 bits per heavy atom. The molecule has 0 aliphatic rings. The van der Waals surface area contributed by atoms with Crippen molar-refractivity contribution in [3.63, 3.8) is 0 Å². The molecule has 0 aliphatic heterocycles. The topological polar surface area (TPSA) is 30.7 Å². The van der Waals surface area contributed by atoms with Gasteiger partial charge in [-0.1, -0.05) is 103 Å². The lowest BCUT2D eigenvalue weighted by molar-refractivity contribution is 1.02. The second kappa shape index (κ2) is 9.96. The summed E-state index contributed by atoms with van der Waals surface area (Å²) in [6.45, 7) is 0. The molecule has 6 heteroatoms. The number of benzene rings is 7. The van der Waals surface area contributed by atoms with Crippen molar-refractivity contribution >= 4 is 127 Å². The maximum Gasteiger partial charge on any atom is 0.235 e. The molecule has 12 aromatic rings. The number of aromatic nitrogens is 3. The average Bonchev–Trinajstić information content (AvgIpc) is 3.93. The molecule has 50 heavy (non-hydrogen) atoms. The normalized spacial score (nSPS) is 12.4. The molecule has 0 saturated heterocycles. The molecule has 0 fully saturated rings. The molecule has 0 amide bonds. The van der Waals surface area contributed by atoms with Crippen LogP contribution < -0.4 is 0 Å². The molecule has 5 aromatic heterocycles. The summed E-state index contributed by atoms with van der Waals surface area (Å²) >= 11 is 5.52. The minimum Gasteiger partial charge on any atom is -0.277 e. The number of hydrogen-bond acceptors (Lipinski definition) is 5. The molecule has 0 N–H and O–H groups in total. The van der Waals surface area contributed by atoms with Crippen molar-refractivity contribution in [2.75, 3.05) is 0 Å². The molecular weight excluding hydrogens is 667 g/mol. The Labute approximate surface area is 296 Å². The van der Waals surface area contributed by atoms with Gasteiger partial charge in [0.25, 0.3) is 0 Å². The van der Waals surface area contributed by atoms with Crippen LogP contribution in [0.4, 0.5) is 0 Å². The van der Waals surface area contributed by atoms with Crippen LogP contribution in [0.2, 0.25) is 0 Å². The summed E-state index contributed by atoms with van der Waals surface area (Å²) in [7, 11) is 0. The maximum atomic E-state index is 5.58. The molecule has 232 valence electrons. The third kappa shape index (κ3) is 3.57. The third-order valence-corrected chi connectivity index (χ3v) is 13.7. The molecular formula is C44H23N3S3. The number of fused-ring (bicyclic) bond motifs is 16. The van der Waals surface area contributed by atoms with Gasteiger partial charge in [0.2, 0.25) is 5.95 Å². The van der Waals surface area contributed by atoms with Gasteiger partial charge in [0.15, 0.2) is 0 Å². The van der Waals surface area contributed by atoms with Crippen LogP contribution in [0.15, 0.2) is 140 Å². The van der Waals surface area contributed by atoms with Gasteiger partial charge in [-0.2, -0.15) is 0 Å². The largest absolute Gasteiger partial charge is 0.277 e. The fourth-order valence-electron chi connectivity index (χ4n) is 8.08. The van der Waals surface area contributed by atoms with Gasteiger partial charge < -0.3 is 0 Å². The van der Waals surface area contributed by atoms with E-state index in [0.29, 0.717) is 5.95 Å². The summed E-state index contributed by atoms with van der Waals surface area (Å²) in [5.74, 6) is 0.697. The molecule has 12 rings (SSSR count). The highest BCUT2D eigenvalue weighted by molar-refractivity contribution is 7.27. The highest BCUT2D eigenvalue weighted by Gasteiger charge is 2.24. The first kappa shape index (κ1) is 27.2. The van der Waals surface area contributed by atoms with Gasteiger partial charge in [-0.15, -0.1) is 34.0 Å². The summed E-state index contributed by atoms with van der Waals surface area (Å²) in [4.78, 5) is 11.1. The standard InChI is InChI=1S/C44H23N3S3/c1-2-13-27-26(12-1)37-29-15-5-9-19-34(29)49-42(37)38-28-14-3-7-17-32(28)47(41(27)38)44-45-39(43-40(46-44)30-16-6-10-20-35(30)50-43)24-21-22-36-31(23-24)25-11-4-8-18-33(25)48-36/h1-23H. The summed E-state index contributed by atoms with van der Waals surface area (Å²) in [6.07, 6.45) is 0. The molecule has 0 saturated carbocycles. The first-order valence-electron chi connectivity index (χ1n) is 16.7. The van der Waals surface area contributed by atoms with Crippen LogP contribution >= 0.6 is 34.0 Å². The Balaban J connectivity index is 1.26. The minimum absolute atomic E-state index is 0.697. The van der Waals surface area contributed by atoms with Crippen molar-refractivity contribution in [1.82, 2.24) is 14.5 Å². The highest BCUT2D eigenvalue weighted by atomic mass is 32.1. The smallest absolute Gasteiger partial charge is 0.235 e. The van der Waals surface area contributed by atoms with E-state index in [-0.39, 0.29) is 0 Å². The van der Waals surface area contributed by atoms with Gasteiger partial charge in [0.05, 0.1) is 26.9 Å². The van der Waals surface area contributed by atoms with Crippen molar-refractivity contribution < 1.29 is 0 Å². The average molecular weight is 690 g/mol. The van der Waals surface area contributed by atoms with Gasteiger partial charge in [0.1, 0.15) is 0 Å². The summed E-state index contributed by atoms with van der Waals surface area (Å²) in [5, 5.41) is 11.3. The molecule has 3 nitrogen and oxygen atoms in total. The zero-order valence-electron chi connectivity index (χ0n) is 26.3. The van der Waals surface area contributed by atoms with E-state index in [1.165, 1.54) is 66.6 Å². The SMILES string of the molecule is c1ccc2c(c1)sc1ccc(-c3nc(-n4c5ccccc5c5c6sc7ccccc7c6c6ccccc6c54)nc4c3sc3ccccc34)cc12. The molecule has 0 aliphatic carbocycles. The van der Waals surface area contributed by atoms with E-state index in [1.807, 2.05) is 22.7 Å². The van der Waals surface area contributed by atoms with Gasteiger partial charge >= 0.3 is 0 Å². The molecule has 0 unspecified atom stereocenters. The molecule has 0 spiro atoms. The summed E-state index contributed by atoms with van der Waals surface area (Å²) < 4.78 is 9.89. The van der Waals surface area contributed by atoms with Gasteiger partial charge in [-0.3, -0.25) is 4.57 Å². The number of nitrogens with zero attached hydrogens (tertiary/aromatic N) is 3. The molecule has 0 bridgehead atoms. The fourth-order valence-corrected chi connectivity index (χ4v) is 11.6. The quantitative estimate of drug-likeness (QED) is 0.181. The molecule has 0 radical (unpaired) electrons. The second-order valence-corrected chi connectivity index (χ2v) is 16.1. The predicted octanol–water partition coefficient (Wildman–Crippen LogP) is 13.5. The Morgan fingerprint density at radius 1 is 0.420 bits per heavy atom. The van der Waals surface area contributed by atoms with E-state index in [2.05, 4.69) is 144 Å². The van der Waals surface area contributed by atoms with Crippen molar-refractivity contribution in [3.05, 3.63) is 140 Å². The third-order valence-electron chi connectivity index (χ3n) is 10.2. The molecule has 0 atom stereocenters. The minimum atomic E-state index is 0.697. The van der Waals surface area contributed by atoms with Crippen LogP contribution in [-0.4, -0.2) is 14.5 Å². The van der Waals surface area contributed by atoms with E-state index < -0.39 is 0 Å². The van der Waals surface area contributed by atoms with Crippen molar-refractivity contribution in [1.29, 1.82) is 0 Å². The fraction of sp³-hybridized carbons (Fsp3) is 0. The van der Waals surface area contributed by atoms with Crippen LogP contribution in [-0.2, 0) is 0 Å². The Kier molecular flexibility index (Phi) is 5.42. The highest BCUT2D eigenvalue weighted by Crippen LogP contribution is 2.48. The Bertz CT molecular complexity index is 3400. The van der Waals surface area contributed by atoms with Crippen LogP contribution in [0.25, 0.3) is 110 Å². The predicted molar refractivity (Wildman–Crippen MR) is 218 cm³/mol.